The Balaban J connectivity index is 2.07. The summed E-state index contributed by atoms with van der Waals surface area (Å²) in [7, 11) is 0. The van der Waals surface area contributed by atoms with E-state index in [4.69, 9.17) is 10.3 Å². The summed E-state index contributed by atoms with van der Waals surface area (Å²) in [6, 6.07) is 9.53. The number of para-hydroxylation sites is 1. The molecule has 17 heavy (non-hydrogen) atoms. The molecule has 0 fully saturated rings. The van der Waals surface area contributed by atoms with Gasteiger partial charge in [0.05, 0.1) is 0 Å². The lowest BCUT2D eigenvalue weighted by Gasteiger charge is -2.09. The molecule has 1 atom stereocenters. The quantitative estimate of drug-likeness (QED) is 0.471. The van der Waals surface area contributed by atoms with Gasteiger partial charge in [-0.05, 0) is 12.1 Å². The normalized spacial score (nSPS) is 13.0. The highest BCUT2D eigenvalue weighted by atomic mass is 16.3. The number of furan rings is 1. The van der Waals surface area contributed by atoms with Crippen molar-refractivity contribution < 1.29 is 4.42 Å². The van der Waals surface area contributed by atoms with E-state index in [-0.39, 0.29) is 6.04 Å². The van der Waals surface area contributed by atoms with Crippen molar-refractivity contribution in [1.82, 2.24) is 15.4 Å². The number of nitrogens with two attached hydrogens (primary N) is 1. The zero-order chi connectivity index (χ0) is 11.7. The van der Waals surface area contributed by atoms with Crippen molar-refractivity contribution in [2.75, 3.05) is 0 Å². The van der Waals surface area contributed by atoms with Gasteiger partial charge in [-0.25, -0.2) is 10.4 Å². The molecular weight excluding hydrogens is 216 g/mol. The molecule has 0 saturated heterocycles. The fourth-order valence-electron chi connectivity index (χ4n) is 1.88. The zero-order valence-electron chi connectivity index (χ0n) is 9.05. The minimum Gasteiger partial charge on any atom is -0.459 e. The number of rotatable bonds is 3. The monoisotopic (exact) mass is 228 g/mol. The van der Waals surface area contributed by atoms with Gasteiger partial charge in [0.2, 0.25) is 0 Å². The van der Waals surface area contributed by atoms with Gasteiger partial charge in [-0.15, -0.1) is 0 Å². The van der Waals surface area contributed by atoms with Crippen LogP contribution in [0.2, 0.25) is 0 Å². The van der Waals surface area contributed by atoms with Crippen LogP contribution in [-0.4, -0.2) is 9.97 Å². The summed E-state index contributed by atoms with van der Waals surface area (Å²) in [5.74, 6) is 7.02. The fraction of sp³-hybridized carbons (Fsp3) is 0.0833. The Morgan fingerprint density at radius 1 is 1.35 bits per heavy atom. The van der Waals surface area contributed by atoms with Crippen molar-refractivity contribution in [3.05, 3.63) is 54.3 Å². The largest absolute Gasteiger partial charge is 0.459 e. The highest BCUT2D eigenvalue weighted by Crippen LogP contribution is 2.25. The highest BCUT2D eigenvalue weighted by molar-refractivity contribution is 5.77. The van der Waals surface area contributed by atoms with Crippen molar-refractivity contribution in [2.45, 2.75) is 6.04 Å². The van der Waals surface area contributed by atoms with Crippen LogP contribution in [0.1, 0.15) is 17.6 Å². The van der Waals surface area contributed by atoms with Gasteiger partial charge < -0.3 is 9.40 Å². The van der Waals surface area contributed by atoms with Gasteiger partial charge in [0.25, 0.3) is 0 Å². The summed E-state index contributed by atoms with van der Waals surface area (Å²) in [5, 5.41) is 1.05. The minimum absolute atomic E-state index is 0.266. The molecule has 1 aromatic carbocycles. The van der Waals surface area contributed by atoms with Crippen molar-refractivity contribution in [3.8, 4) is 0 Å². The Morgan fingerprint density at radius 2 is 2.24 bits per heavy atom. The average molecular weight is 228 g/mol. The zero-order valence-corrected chi connectivity index (χ0v) is 9.05. The van der Waals surface area contributed by atoms with Gasteiger partial charge in [0.15, 0.2) is 0 Å². The van der Waals surface area contributed by atoms with E-state index in [9.17, 15) is 0 Å². The summed E-state index contributed by atoms with van der Waals surface area (Å²) in [5.41, 5.74) is 3.54. The highest BCUT2D eigenvalue weighted by Gasteiger charge is 2.18. The molecule has 0 radical (unpaired) electrons. The molecule has 86 valence electrons. The van der Waals surface area contributed by atoms with Crippen LogP contribution < -0.4 is 11.3 Å². The van der Waals surface area contributed by atoms with Crippen LogP contribution in [0.3, 0.4) is 0 Å². The number of H-pyrrole nitrogens is 1. The molecule has 0 amide bonds. The van der Waals surface area contributed by atoms with Crippen LogP contribution >= 0.6 is 0 Å². The summed E-state index contributed by atoms with van der Waals surface area (Å²) >= 11 is 0. The van der Waals surface area contributed by atoms with Gasteiger partial charge in [0, 0.05) is 17.8 Å². The van der Waals surface area contributed by atoms with Crippen LogP contribution in [0.5, 0.6) is 0 Å². The second-order valence-corrected chi connectivity index (χ2v) is 3.76. The third kappa shape index (κ3) is 1.71. The molecule has 2 aromatic heterocycles. The number of hydrazine groups is 1. The maximum absolute atomic E-state index is 5.74. The van der Waals surface area contributed by atoms with Crippen molar-refractivity contribution in [1.29, 1.82) is 0 Å². The first-order valence-electron chi connectivity index (χ1n) is 5.32. The van der Waals surface area contributed by atoms with Gasteiger partial charge in [-0.3, -0.25) is 5.84 Å². The average Bonchev–Trinajstić information content (AvgIpc) is 2.98. The van der Waals surface area contributed by atoms with E-state index in [0.29, 0.717) is 0 Å². The third-order valence-electron chi connectivity index (χ3n) is 2.69. The standard InChI is InChI=1S/C12H12N4O/c13-16-11(12-14-5-6-15-12)10-7-8-3-1-2-4-9(8)17-10/h1-7,11,16H,13H2,(H,14,15). The van der Waals surface area contributed by atoms with Gasteiger partial charge >= 0.3 is 0 Å². The molecule has 0 bridgehead atoms. The maximum atomic E-state index is 5.74. The van der Waals surface area contributed by atoms with Gasteiger partial charge in [-0.1, -0.05) is 18.2 Å². The fourth-order valence-corrected chi connectivity index (χ4v) is 1.88. The third-order valence-corrected chi connectivity index (χ3v) is 2.69. The second-order valence-electron chi connectivity index (χ2n) is 3.76. The first-order valence-corrected chi connectivity index (χ1v) is 5.32. The Kier molecular flexibility index (Phi) is 2.40. The minimum atomic E-state index is -0.266. The predicted octanol–water partition coefficient (Wildman–Crippen LogP) is 1.71. The Bertz CT molecular complexity index is 581. The molecule has 4 N–H and O–H groups in total. The van der Waals surface area contributed by atoms with E-state index in [0.717, 1.165) is 22.6 Å². The summed E-state index contributed by atoms with van der Waals surface area (Å²) in [6.07, 6.45) is 3.44. The number of benzene rings is 1. The van der Waals surface area contributed by atoms with Crippen LogP contribution in [0.25, 0.3) is 11.0 Å². The van der Waals surface area contributed by atoms with E-state index < -0.39 is 0 Å². The van der Waals surface area contributed by atoms with Crippen LogP contribution in [0.15, 0.2) is 47.1 Å². The van der Waals surface area contributed by atoms with Crippen LogP contribution in [-0.2, 0) is 0 Å². The van der Waals surface area contributed by atoms with E-state index in [2.05, 4.69) is 15.4 Å². The first-order chi connectivity index (χ1) is 8.38. The van der Waals surface area contributed by atoms with Crippen molar-refractivity contribution >= 4 is 11.0 Å². The molecule has 5 nitrogen and oxygen atoms in total. The summed E-state index contributed by atoms with van der Waals surface area (Å²) in [6.45, 7) is 0. The molecule has 0 aliphatic heterocycles. The van der Waals surface area contributed by atoms with E-state index in [1.54, 1.807) is 12.4 Å². The van der Waals surface area contributed by atoms with E-state index >= 15 is 0 Å². The molecule has 3 aromatic rings. The van der Waals surface area contributed by atoms with Gasteiger partial charge in [0.1, 0.15) is 23.2 Å². The van der Waals surface area contributed by atoms with E-state index in [1.807, 2.05) is 30.3 Å². The molecular formula is C12H12N4O. The Morgan fingerprint density at radius 3 is 2.94 bits per heavy atom. The van der Waals surface area contributed by atoms with Crippen molar-refractivity contribution in [2.24, 2.45) is 5.84 Å². The molecule has 0 spiro atoms. The SMILES string of the molecule is NNC(c1ncc[nH]1)c1cc2ccccc2o1. The molecule has 3 rings (SSSR count). The molecule has 5 heteroatoms. The molecule has 0 saturated carbocycles. The van der Waals surface area contributed by atoms with Crippen LogP contribution in [0, 0.1) is 0 Å². The number of nitrogens with zero attached hydrogens (tertiary/aromatic N) is 1. The number of hydrogen-bond donors (Lipinski definition) is 3. The van der Waals surface area contributed by atoms with Crippen LogP contribution in [0.4, 0.5) is 0 Å². The number of aromatic amines is 1. The topological polar surface area (TPSA) is 79.9 Å². The lowest BCUT2D eigenvalue weighted by Crippen LogP contribution is -2.29. The number of imidazole rings is 1. The number of hydrogen-bond acceptors (Lipinski definition) is 4. The number of nitrogens with one attached hydrogen (secondary N) is 2. The van der Waals surface area contributed by atoms with Crippen molar-refractivity contribution in [3.63, 3.8) is 0 Å². The Labute approximate surface area is 97.6 Å². The Hall–Kier alpha value is -2.11. The molecule has 0 aliphatic carbocycles. The predicted molar refractivity (Wildman–Crippen MR) is 64.0 cm³/mol. The summed E-state index contributed by atoms with van der Waals surface area (Å²) in [4.78, 5) is 7.19. The molecule has 1 unspecified atom stereocenters. The van der Waals surface area contributed by atoms with Gasteiger partial charge in [-0.2, -0.15) is 0 Å². The smallest absolute Gasteiger partial charge is 0.137 e. The molecule has 2 heterocycles. The summed E-state index contributed by atoms with van der Waals surface area (Å²) < 4.78 is 5.74. The lowest BCUT2D eigenvalue weighted by molar-refractivity contribution is 0.466. The first kappa shape index (κ1) is 10.1. The second kappa shape index (κ2) is 4.04. The maximum Gasteiger partial charge on any atom is 0.137 e. The number of fused-ring (bicyclic) bond motifs is 1. The molecule has 0 aliphatic rings. The number of aromatic nitrogens is 2. The lowest BCUT2D eigenvalue weighted by atomic mass is 10.2. The van der Waals surface area contributed by atoms with E-state index in [1.165, 1.54) is 0 Å².